The minimum atomic E-state index is -0.361. The number of rotatable bonds is 4. The van der Waals surface area contributed by atoms with E-state index < -0.39 is 0 Å². The van der Waals surface area contributed by atoms with Gasteiger partial charge in [-0.3, -0.25) is 10.1 Å². The highest BCUT2D eigenvalue weighted by molar-refractivity contribution is 5.65. The van der Waals surface area contributed by atoms with E-state index in [1.54, 1.807) is 6.07 Å². The van der Waals surface area contributed by atoms with Gasteiger partial charge in [-0.05, 0) is 25.3 Å². The predicted molar refractivity (Wildman–Crippen MR) is 82.7 cm³/mol. The molecule has 1 N–H and O–H groups in total. The quantitative estimate of drug-likeness (QED) is 0.693. The van der Waals surface area contributed by atoms with Crippen molar-refractivity contribution in [3.63, 3.8) is 0 Å². The van der Waals surface area contributed by atoms with Crippen LogP contribution in [0.3, 0.4) is 0 Å². The molecule has 0 amide bonds. The van der Waals surface area contributed by atoms with E-state index in [1.807, 2.05) is 13.0 Å². The van der Waals surface area contributed by atoms with E-state index in [9.17, 15) is 10.1 Å². The largest absolute Gasteiger partial charge is 0.372 e. The van der Waals surface area contributed by atoms with E-state index in [4.69, 9.17) is 0 Å². The Hall–Kier alpha value is -2.44. The fourth-order valence-corrected chi connectivity index (χ4v) is 2.88. The molecule has 7 heteroatoms. The van der Waals surface area contributed by atoms with Crippen molar-refractivity contribution in [1.29, 1.82) is 0 Å². The van der Waals surface area contributed by atoms with Gasteiger partial charge in [0.2, 0.25) is 0 Å². The average Bonchev–Trinajstić information content (AvgIpc) is 2.73. The SMILES string of the molecule is Cc1cccc([N+](=O)[O-])c1NCc1nnc2n1CCCCC2. The molecule has 116 valence electrons. The van der Waals surface area contributed by atoms with Crippen molar-refractivity contribution in [3.8, 4) is 0 Å². The van der Waals surface area contributed by atoms with Crippen molar-refractivity contribution in [2.45, 2.75) is 45.7 Å². The monoisotopic (exact) mass is 301 g/mol. The Bertz CT molecular complexity index is 695. The molecule has 0 spiro atoms. The maximum Gasteiger partial charge on any atom is 0.292 e. The van der Waals surface area contributed by atoms with E-state index >= 15 is 0 Å². The molecular weight excluding hydrogens is 282 g/mol. The van der Waals surface area contributed by atoms with E-state index in [1.165, 1.54) is 12.5 Å². The van der Waals surface area contributed by atoms with Crippen molar-refractivity contribution in [2.75, 3.05) is 5.32 Å². The number of nitrogens with one attached hydrogen (secondary N) is 1. The van der Waals surface area contributed by atoms with Crippen LogP contribution in [0.4, 0.5) is 11.4 Å². The molecule has 0 saturated carbocycles. The van der Waals surface area contributed by atoms with Gasteiger partial charge in [0, 0.05) is 19.0 Å². The first kappa shape index (κ1) is 14.5. The lowest BCUT2D eigenvalue weighted by Gasteiger charge is -2.11. The van der Waals surface area contributed by atoms with Crippen LogP contribution in [0.2, 0.25) is 0 Å². The second-order valence-corrected chi connectivity index (χ2v) is 5.57. The van der Waals surface area contributed by atoms with Crippen LogP contribution in [0.15, 0.2) is 18.2 Å². The summed E-state index contributed by atoms with van der Waals surface area (Å²) in [6.07, 6.45) is 4.44. The Balaban J connectivity index is 1.82. The van der Waals surface area contributed by atoms with Crippen LogP contribution in [0.1, 0.15) is 36.5 Å². The van der Waals surface area contributed by atoms with E-state index in [2.05, 4.69) is 20.1 Å². The lowest BCUT2D eigenvalue weighted by atomic mass is 10.1. The summed E-state index contributed by atoms with van der Waals surface area (Å²) in [5.41, 5.74) is 1.50. The molecule has 0 fully saturated rings. The zero-order valence-electron chi connectivity index (χ0n) is 12.6. The highest BCUT2D eigenvalue weighted by Crippen LogP contribution is 2.28. The fourth-order valence-electron chi connectivity index (χ4n) is 2.88. The van der Waals surface area contributed by atoms with Gasteiger partial charge in [0.05, 0.1) is 11.5 Å². The molecule has 0 saturated heterocycles. The molecule has 7 nitrogen and oxygen atoms in total. The number of para-hydroxylation sites is 1. The van der Waals surface area contributed by atoms with Crippen LogP contribution in [-0.4, -0.2) is 19.7 Å². The molecule has 1 aromatic heterocycles. The number of aromatic nitrogens is 3. The zero-order chi connectivity index (χ0) is 15.5. The average molecular weight is 301 g/mol. The van der Waals surface area contributed by atoms with Crippen LogP contribution in [0.5, 0.6) is 0 Å². The Kier molecular flexibility index (Phi) is 4.04. The molecule has 1 aliphatic heterocycles. The molecule has 2 heterocycles. The Morgan fingerprint density at radius 3 is 3.00 bits per heavy atom. The van der Waals surface area contributed by atoms with Gasteiger partial charge in [0.1, 0.15) is 11.5 Å². The van der Waals surface area contributed by atoms with Crippen molar-refractivity contribution in [2.24, 2.45) is 0 Å². The molecule has 0 radical (unpaired) electrons. The summed E-state index contributed by atoms with van der Waals surface area (Å²) >= 11 is 0. The van der Waals surface area contributed by atoms with Gasteiger partial charge in [0.15, 0.2) is 5.82 Å². The summed E-state index contributed by atoms with van der Waals surface area (Å²) in [4.78, 5) is 10.8. The van der Waals surface area contributed by atoms with E-state index in [0.717, 1.165) is 43.0 Å². The number of hydrogen-bond acceptors (Lipinski definition) is 5. The van der Waals surface area contributed by atoms with Crippen LogP contribution >= 0.6 is 0 Å². The first-order valence-electron chi connectivity index (χ1n) is 7.55. The highest BCUT2D eigenvalue weighted by Gasteiger charge is 2.18. The lowest BCUT2D eigenvalue weighted by molar-refractivity contribution is -0.384. The Morgan fingerprint density at radius 1 is 1.32 bits per heavy atom. The molecule has 0 bridgehead atoms. The third kappa shape index (κ3) is 2.79. The highest BCUT2D eigenvalue weighted by atomic mass is 16.6. The maximum absolute atomic E-state index is 11.1. The molecule has 1 aromatic carbocycles. The molecular formula is C15H19N5O2. The van der Waals surface area contributed by atoms with Crippen LogP contribution in [0.25, 0.3) is 0 Å². The van der Waals surface area contributed by atoms with Crippen molar-refractivity contribution in [1.82, 2.24) is 14.8 Å². The van der Waals surface area contributed by atoms with E-state index in [-0.39, 0.29) is 10.6 Å². The minimum Gasteiger partial charge on any atom is -0.372 e. The smallest absolute Gasteiger partial charge is 0.292 e. The Morgan fingerprint density at radius 2 is 2.18 bits per heavy atom. The number of fused-ring (bicyclic) bond motifs is 1. The maximum atomic E-state index is 11.1. The number of aryl methyl sites for hydroxylation is 2. The standard InChI is InChI=1S/C15H19N5O2/c1-11-6-5-7-12(20(21)22)15(11)16-10-14-18-17-13-8-3-2-4-9-19(13)14/h5-7,16H,2-4,8-10H2,1H3. The summed E-state index contributed by atoms with van der Waals surface area (Å²) in [7, 11) is 0. The Labute approximate surface area is 128 Å². The molecule has 2 aromatic rings. The molecule has 0 atom stereocenters. The predicted octanol–water partition coefficient (Wildman–Crippen LogP) is 2.83. The molecule has 0 unspecified atom stereocenters. The van der Waals surface area contributed by atoms with Crippen LogP contribution < -0.4 is 5.32 Å². The normalized spacial score (nSPS) is 14.2. The molecule has 1 aliphatic rings. The van der Waals surface area contributed by atoms with Crippen molar-refractivity contribution >= 4 is 11.4 Å². The first-order chi connectivity index (χ1) is 10.7. The molecule has 0 aliphatic carbocycles. The second-order valence-electron chi connectivity index (χ2n) is 5.57. The van der Waals surface area contributed by atoms with Crippen molar-refractivity contribution in [3.05, 3.63) is 45.5 Å². The van der Waals surface area contributed by atoms with Gasteiger partial charge in [0.25, 0.3) is 5.69 Å². The lowest BCUT2D eigenvalue weighted by Crippen LogP contribution is -2.11. The summed E-state index contributed by atoms with van der Waals surface area (Å²) in [5.74, 6) is 1.86. The number of nitro benzene ring substituents is 1. The summed E-state index contributed by atoms with van der Waals surface area (Å²) in [5, 5.41) is 22.8. The number of hydrogen-bond donors (Lipinski definition) is 1. The number of benzene rings is 1. The summed E-state index contributed by atoms with van der Waals surface area (Å²) in [6, 6.07) is 5.07. The molecule has 3 rings (SSSR count). The number of anilines is 1. The van der Waals surface area contributed by atoms with Gasteiger partial charge in [-0.15, -0.1) is 10.2 Å². The summed E-state index contributed by atoms with van der Waals surface area (Å²) < 4.78 is 2.14. The minimum absolute atomic E-state index is 0.0932. The zero-order valence-corrected chi connectivity index (χ0v) is 12.6. The van der Waals surface area contributed by atoms with Gasteiger partial charge in [-0.25, -0.2) is 0 Å². The van der Waals surface area contributed by atoms with Gasteiger partial charge in [-0.2, -0.15) is 0 Å². The second kappa shape index (κ2) is 6.13. The third-order valence-electron chi connectivity index (χ3n) is 4.06. The van der Waals surface area contributed by atoms with Gasteiger partial charge in [-0.1, -0.05) is 18.6 Å². The molecule has 22 heavy (non-hydrogen) atoms. The van der Waals surface area contributed by atoms with Crippen LogP contribution in [0, 0.1) is 17.0 Å². The number of nitro groups is 1. The van der Waals surface area contributed by atoms with Gasteiger partial charge < -0.3 is 9.88 Å². The number of nitrogens with zero attached hydrogens (tertiary/aromatic N) is 4. The van der Waals surface area contributed by atoms with E-state index in [0.29, 0.717) is 12.2 Å². The first-order valence-corrected chi connectivity index (χ1v) is 7.55. The van der Waals surface area contributed by atoms with Crippen molar-refractivity contribution < 1.29 is 4.92 Å². The third-order valence-corrected chi connectivity index (χ3v) is 4.06. The topological polar surface area (TPSA) is 85.9 Å². The summed E-state index contributed by atoms with van der Waals surface area (Å²) in [6.45, 7) is 3.23. The fraction of sp³-hybridized carbons (Fsp3) is 0.467. The van der Waals surface area contributed by atoms with Crippen LogP contribution in [-0.2, 0) is 19.5 Å². The van der Waals surface area contributed by atoms with Gasteiger partial charge >= 0.3 is 0 Å².